The van der Waals surface area contributed by atoms with Gasteiger partial charge in [-0.2, -0.15) is 0 Å². The van der Waals surface area contributed by atoms with Crippen molar-refractivity contribution in [2.24, 2.45) is 0 Å². The zero-order valence-corrected chi connectivity index (χ0v) is 50.3. The third-order valence-corrected chi connectivity index (χ3v) is 15.3. The summed E-state index contributed by atoms with van der Waals surface area (Å²) in [5.41, 5.74) is 0. The van der Waals surface area contributed by atoms with Crippen LogP contribution in [0, 0.1) is 0 Å². The van der Waals surface area contributed by atoms with Crippen LogP contribution in [0.2, 0.25) is 0 Å². The molecule has 0 heterocycles. The second kappa shape index (κ2) is 64.3. The molecule has 0 fully saturated rings. The summed E-state index contributed by atoms with van der Waals surface area (Å²) in [5.74, 6) is -0.0601. The van der Waals surface area contributed by atoms with E-state index in [1.54, 1.807) is 6.08 Å². The van der Waals surface area contributed by atoms with E-state index in [4.69, 9.17) is 4.74 Å². The number of rotatable bonds is 62. The van der Waals surface area contributed by atoms with Gasteiger partial charge >= 0.3 is 5.97 Å². The summed E-state index contributed by atoms with van der Waals surface area (Å²) < 4.78 is 5.50. The average molecular weight is 1050 g/mol. The number of unbranched alkanes of at least 4 members (excludes halogenated alkanes) is 45. The van der Waals surface area contributed by atoms with Crippen LogP contribution in [0.1, 0.15) is 354 Å². The van der Waals surface area contributed by atoms with Gasteiger partial charge in [0.1, 0.15) is 0 Å². The lowest BCUT2D eigenvalue weighted by Crippen LogP contribution is -2.45. The van der Waals surface area contributed by atoms with Crippen LogP contribution in [0.25, 0.3) is 0 Å². The number of hydrogen-bond donors (Lipinski definition) is 3. The summed E-state index contributed by atoms with van der Waals surface area (Å²) in [7, 11) is 0. The molecule has 1 amide bonds. The molecule has 6 nitrogen and oxygen atoms in total. The second-order valence-corrected chi connectivity index (χ2v) is 22.8. The standard InChI is InChI=1S/C69H129NO5/c1-3-5-7-9-11-13-15-17-18-19-33-36-39-43-47-51-55-59-63-69(74)75-64-60-56-52-48-44-40-37-34-31-29-27-25-23-21-20-22-24-26-28-30-32-35-38-42-46-50-54-58-62-68(73)70-66(65-71)67(72)61-57-53-49-45-41-16-14-12-10-8-6-4-2/h13,15,18-21,57,61,66-67,71-72H,3-12,14,16-17,22-56,58-60,62-65H2,1-2H3,(H,70,73)/b15-13-,19-18-,21-20-,61-57+. The first-order valence-electron chi connectivity index (χ1n) is 33.4. The van der Waals surface area contributed by atoms with Gasteiger partial charge in [-0.3, -0.25) is 9.59 Å². The number of aliphatic hydroxyl groups is 2. The minimum Gasteiger partial charge on any atom is -0.466 e. The number of amides is 1. The molecule has 0 saturated heterocycles. The number of carbonyl (C=O) groups excluding carboxylic acids is 2. The van der Waals surface area contributed by atoms with Gasteiger partial charge in [-0.05, 0) is 89.9 Å². The minimum atomic E-state index is -0.844. The fourth-order valence-electron chi connectivity index (χ4n) is 10.2. The molecule has 3 N–H and O–H groups in total. The van der Waals surface area contributed by atoms with Crippen molar-refractivity contribution in [3.8, 4) is 0 Å². The Morgan fingerprint density at radius 3 is 1.04 bits per heavy atom. The van der Waals surface area contributed by atoms with E-state index in [9.17, 15) is 19.8 Å². The van der Waals surface area contributed by atoms with Crippen molar-refractivity contribution < 1.29 is 24.5 Å². The molecule has 0 bridgehead atoms. The van der Waals surface area contributed by atoms with Crippen LogP contribution in [-0.4, -0.2) is 47.4 Å². The number of hydrogen-bond acceptors (Lipinski definition) is 5. The Morgan fingerprint density at radius 2 is 0.667 bits per heavy atom. The Balaban J connectivity index is 3.38. The molecule has 75 heavy (non-hydrogen) atoms. The van der Waals surface area contributed by atoms with Crippen LogP contribution in [0.5, 0.6) is 0 Å². The summed E-state index contributed by atoms with van der Waals surface area (Å²) in [5, 5.41) is 23.1. The zero-order valence-electron chi connectivity index (χ0n) is 50.3. The fraction of sp³-hybridized carbons (Fsp3) is 0.855. The summed E-state index contributed by atoms with van der Waals surface area (Å²) >= 11 is 0. The van der Waals surface area contributed by atoms with Gasteiger partial charge in [0, 0.05) is 12.8 Å². The second-order valence-electron chi connectivity index (χ2n) is 22.8. The topological polar surface area (TPSA) is 95.9 Å². The molecule has 440 valence electrons. The van der Waals surface area contributed by atoms with Crippen molar-refractivity contribution in [1.29, 1.82) is 0 Å². The lowest BCUT2D eigenvalue weighted by Gasteiger charge is -2.20. The number of allylic oxidation sites excluding steroid dienone is 7. The quantitative estimate of drug-likeness (QED) is 0.0320. The van der Waals surface area contributed by atoms with Gasteiger partial charge in [0.2, 0.25) is 5.91 Å². The van der Waals surface area contributed by atoms with Crippen LogP contribution in [-0.2, 0) is 14.3 Å². The van der Waals surface area contributed by atoms with Crippen LogP contribution in [0.3, 0.4) is 0 Å². The van der Waals surface area contributed by atoms with E-state index in [-0.39, 0.29) is 18.5 Å². The highest BCUT2D eigenvalue weighted by molar-refractivity contribution is 5.76. The van der Waals surface area contributed by atoms with Gasteiger partial charge in [-0.25, -0.2) is 0 Å². The van der Waals surface area contributed by atoms with E-state index in [0.29, 0.717) is 19.4 Å². The number of esters is 1. The zero-order chi connectivity index (χ0) is 54.3. The maximum Gasteiger partial charge on any atom is 0.305 e. The van der Waals surface area contributed by atoms with E-state index in [2.05, 4.69) is 55.6 Å². The predicted molar refractivity (Wildman–Crippen MR) is 329 cm³/mol. The summed E-state index contributed by atoms with van der Waals surface area (Å²) in [6.07, 6.45) is 83.2. The molecule has 6 heteroatoms. The highest BCUT2D eigenvalue weighted by Gasteiger charge is 2.18. The van der Waals surface area contributed by atoms with Crippen molar-refractivity contribution in [2.75, 3.05) is 13.2 Å². The first kappa shape index (κ1) is 72.8. The minimum absolute atomic E-state index is 0.00800. The van der Waals surface area contributed by atoms with Gasteiger partial charge in [-0.1, -0.05) is 300 Å². The molecular weight excluding hydrogens is 923 g/mol. The number of nitrogens with one attached hydrogen (secondary N) is 1. The normalized spacial score (nSPS) is 12.9. The molecule has 2 unspecified atom stereocenters. The third-order valence-electron chi connectivity index (χ3n) is 15.3. The highest BCUT2D eigenvalue weighted by Crippen LogP contribution is 2.17. The van der Waals surface area contributed by atoms with Crippen molar-refractivity contribution >= 4 is 11.9 Å². The Morgan fingerprint density at radius 1 is 0.373 bits per heavy atom. The maximum absolute atomic E-state index is 12.4. The largest absolute Gasteiger partial charge is 0.466 e. The molecule has 0 aromatic carbocycles. The molecule has 0 spiro atoms. The van der Waals surface area contributed by atoms with Crippen molar-refractivity contribution in [2.45, 2.75) is 366 Å². The molecule has 0 aliphatic heterocycles. The Bertz CT molecular complexity index is 1260. The number of aliphatic hydroxyl groups excluding tert-OH is 2. The van der Waals surface area contributed by atoms with Crippen LogP contribution in [0.4, 0.5) is 0 Å². The van der Waals surface area contributed by atoms with Gasteiger partial charge in [0.25, 0.3) is 0 Å². The van der Waals surface area contributed by atoms with E-state index < -0.39 is 12.1 Å². The molecule has 0 radical (unpaired) electrons. The van der Waals surface area contributed by atoms with Crippen LogP contribution >= 0.6 is 0 Å². The molecule has 0 rings (SSSR count). The predicted octanol–water partition coefficient (Wildman–Crippen LogP) is 21.3. The van der Waals surface area contributed by atoms with E-state index in [1.165, 1.54) is 276 Å². The van der Waals surface area contributed by atoms with Crippen molar-refractivity contribution in [3.63, 3.8) is 0 Å². The molecule has 0 aliphatic carbocycles. The molecule has 0 saturated carbocycles. The number of carbonyl (C=O) groups is 2. The summed E-state index contributed by atoms with van der Waals surface area (Å²) in [6, 6.07) is -0.627. The molecule has 0 aromatic rings. The Labute approximate surface area is 467 Å². The van der Waals surface area contributed by atoms with E-state index >= 15 is 0 Å². The summed E-state index contributed by atoms with van der Waals surface area (Å²) in [4.78, 5) is 24.5. The van der Waals surface area contributed by atoms with Gasteiger partial charge < -0.3 is 20.3 Å². The monoisotopic (exact) mass is 1050 g/mol. The van der Waals surface area contributed by atoms with Crippen molar-refractivity contribution in [1.82, 2.24) is 5.32 Å². The average Bonchev–Trinajstić information content (AvgIpc) is 3.41. The van der Waals surface area contributed by atoms with Crippen molar-refractivity contribution in [3.05, 3.63) is 48.6 Å². The maximum atomic E-state index is 12.4. The smallest absolute Gasteiger partial charge is 0.305 e. The molecule has 0 aliphatic rings. The fourth-order valence-corrected chi connectivity index (χ4v) is 10.2. The molecule has 2 atom stereocenters. The Kier molecular flexibility index (Phi) is 62.5. The van der Waals surface area contributed by atoms with E-state index in [0.717, 1.165) is 51.4 Å². The van der Waals surface area contributed by atoms with Gasteiger partial charge in [0.15, 0.2) is 0 Å². The Hall–Kier alpha value is -2.18. The third kappa shape index (κ3) is 60.9. The first-order chi connectivity index (χ1) is 37.0. The summed E-state index contributed by atoms with van der Waals surface area (Å²) in [6.45, 7) is 4.89. The van der Waals surface area contributed by atoms with Crippen LogP contribution in [0.15, 0.2) is 48.6 Å². The first-order valence-corrected chi connectivity index (χ1v) is 33.4. The van der Waals surface area contributed by atoms with Crippen LogP contribution < -0.4 is 5.32 Å². The van der Waals surface area contributed by atoms with Gasteiger partial charge in [-0.15, -0.1) is 0 Å². The lowest BCUT2D eigenvalue weighted by molar-refractivity contribution is -0.143. The molecule has 0 aromatic heterocycles. The lowest BCUT2D eigenvalue weighted by atomic mass is 10.0. The number of ether oxygens (including phenoxy) is 1. The molecular formula is C69H129NO5. The van der Waals surface area contributed by atoms with Gasteiger partial charge in [0.05, 0.1) is 25.4 Å². The SMILES string of the molecule is CCCCCC/C=C\C/C=C\CCCCCCCCCC(=O)OCCCCCCCCCCCCCC/C=C\CCCCCCCCCCCCCCC(=O)NC(CO)C(O)/C=C/CCCCCCCCCCCC. The van der Waals surface area contributed by atoms with E-state index in [1.807, 2.05) is 6.08 Å². The highest BCUT2D eigenvalue weighted by atomic mass is 16.5.